The minimum Gasteiger partial charge on any atom is -0.497 e. The number of unbranched alkanes of at least 4 members (excludes halogenated alkanes) is 1. The van der Waals surface area contributed by atoms with Crippen LogP contribution in [0.5, 0.6) is 17.5 Å². The number of fused-ring (bicyclic) bond motifs is 1. The molecule has 3 aromatic carbocycles. The second-order valence-corrected chi connectivity index (χ2v) is 12.3. The van der Waals surface area contributed by atoms with Crippen LogP contribution in [0.3, 0.4) is 0 Å². The molecule has 1 atom stereocenters. The smallest absolute Gasteiger partial charge is 0.336 e. The Morgan fingerprint density at radius 2 is 1.50 bits per heavy atom. The summed E-state index contributed by atoms with van der Waals surface area (Å²) >= 11 is 0. The van der Waals surface area contributed by atoms with E-state index >= 15 is 0 Å². The van der Waals surface area contributed by atoms with Crippen molar-refractivity contribution in [2.24, 2.45) is 0 Å². The molecule has 1 fully saturated rings. The molecule has 10 nitrogen and oxygen atoms in total. The van der Waals surface area contributed by atoms with E-state index in [-0.39, 0.29) is 6.01 Å². The molecular formula is C38H46N6O4. The maximum atomic E-state index is 12.0. The van der Waals surface area contributed by atoms with Crippen molar-refractivity contribution in [2.45, 2.75) is 64.8 Å². The Bertz CT molecular complexity index is 1700. The molecule has 0 spiro atoms. The van der Waals surface area contributed by atoms with Crippen LogP contribution < -0.4 is 19.1 Å². The highest BCUT2D eigenvalue weighted by Crippen LogP contribution is 2.31. The number of aliphatic hydroxyl groups excluding tert-OH is 1. The van der Waals surface area contributed by atoms with Gasteiger partial charge in [-0.2, -0.15) is 4.98 Å². The first-order valence-corrected chi connectivity index (χ1v) is 16.9. The fraction of sp³-hybridized carbons (Fsp3) is 0.395. The van der Waals surface area contributed by atoms with Crippen molar-refractivity contribution in [1.29, 1.82) is 0 Å². The lowest BCUT2D eigenvalue weighted by Crippen LogP contribution is -2.29. The van der Waals surface area contributed by atoms with Crippen molar-refractivity contribution in [3.8, 4) is 17.5 Å². The molecule has 1 aliphatic rings. The van der Waals surface area contributed by atoms with E-state index in [9.17, 15) is 5.11 Å². The number of likely N-dealkylation sites (tertiary alicyclic amines) is 1. The monoisotopic (exact) mass is 650 g/mol. The summed E-state index contributed by atoms with van der Waals surface area (Å²) in [5.41, 5.74) is 5.22. The number of nitrogens with zero attached hydrogens (tertiary/aromatic N) is 6. The van der Waals surface area contributed by atoms with E-state index in [1.807, 2.05) is 42.5 Å². The summed E-state index contributed by atoms with van der Waals surface area (Å²) < 4.78 is 18.6. The minimum atomic E-state index is -0.941. The Morgan fingerprint density at radius 1 is 0.854 bits per heavy atom. The fourth-order valence-electron chi connectivity index (χ4n) is 6.20. The van der Waals surface area contributed by atoms with E-state index in [4.69, 9.17) is 29.3 Å². The zero-order valence-corrected chi connectivity index (χ0v) is 28.2. The number of aliphatic hydroxyl groups is 1. The summed E-state index contributed by atoms with van der Waals surface area (Å²) in [7, 11) is 3.33. The predicted molar refractivity (Wildman–Crippen MR) is 187 cm³/mol. The topological polar surface area (TPSA) is 97.5 Å². The number of rotatable bonds is 15. The number of ether oxygens (including phenoxy) is 3. The first-order chi connectivity index (χ1) is 23.6. The van der Waals surface area contributed by atoms with Crippen LogP contribution in [-0.4, -0.2) is 63.5 Å². The van der Waals surface area contributed by atoms with Gasteiger partial charge < -0.3 is 24.2 Å². The van der Waals surface area contributed by atoms with Crippen LogP contribution in [0.1, 0.15) is 73.1 Å². The van der Waals surface area contributed by atoms with Crippen molar-refractivity contribution < 1.29 is 19.3 Å². The quantitative estimate of drug-likeness (QED) is 0.126. The second-order valence-electron chi connectivity index (χ2n) is 12.3. The Kier molecular flexibility index (Phi) is 11.0. The molecule has 1 unspecified atom stereocenters. The highest BCUT2D eigenvalue weighted by molar-refractivity contribution is 5.65. The summed E-state index contributed by atoms with van der Waals surface area (Å²) in [5.74, 6) is 2.20. The van der Waals surface area contributed by atoms with Gasteiger partial charge in [-0.1, -0.05) is 68.3 Å². The fourth-order valence-corrected chi connectivity index (χ4v) is 6.20. The number of hydrogen-bond donors (Lipinski definition) is 1. The summed E-state index contributed by atoms with van der Waals surface area (Å²) in [6.07, 6.45) is 6.33. The zero-order valence-electron chi connectivity index (χ0n) is 28.2. The van der Waals surface area contributed by atoms with Gasteiger partial charge in [-0.3, -0.25) is 4.90 Å². The van der Waals surface area contributed by atoms with Crippen LogP contribution in [0.2, 0.25) is 0 Å². The van der Waals surface area contributed by atoms with Gasteiger partial charge in [0.2, 0.25) is 0 Å². The van der Waals surface area contributed by atoms with E-state index in [0.29, 0.717) is 36.9 Å². The SMILES string of the molecule is CCCCOc1nc(N(Cc2ccc(OC)cc2)Cc2ccc(OC)cc2)c2ncc(C(O)c3ccccc3CN3CCCCC3)n2n1. The number of piperidine rings is 1. The largest absolute Gasteiger partial charge is 0.497 e. The Balaban J connectivity index is 1.41. The molecular weight excluding hydrogens is 604 g/mol. The van der Waals surface area contributed by atoms with Crippen molar-refractivity contribution in [2.75, 3.05) is 38.8 Å². The molecule has 1 aliphatic heterocycles. The summed E-state index contributed by atoms with van der Waals surface area (Å²) in [6, 6.07) is 24.4. The van der Waals surface area contributed by atoms with Gasteiger partial charge in [-0.05, 0) is 78.9 Å². The van der Waals surface area contributed by atoms with Crippen molar-refractivity contribution in [3.63, 3.8) is 0 Å². The lowest BCUT2D eigenvalue weighted by molar-refractivity contribution is 0.199. The summed E-state index contributed by atoms with van der Waals surface area (Å²) in [6.45, 7) is 6.65. The molecule has 10 heteroatoms. The molecule has 48 heavy (non-hydrogen) atoms. The third-order valence-corrected chi connectivity index (χ3v) is 8.92. The van der Waals surface area contributed by atoms with Crippen molar-refractivity contribution in [3.05, 3.63) is 107 Å². The summed E-state index contributed by atoms with van der Waals surface area (Å²) in [4.78, 5) is 14.4. The minimum absolute atomic E-state index is 0.244. The Morgan fingerprint density at radius 3 is 2.12 bits per heavy atom. The molecule has 0 amide bonds. The van der Waals surface area contributed by atoms with Gasteiger partial charge in [0.25, 0.3) is 0 Å². The molecule has 0 saturated carbocycles. The van der Waals surface area contributed by atoms with E-state index in [0.717, 1.165) is 66.2 Å². The van der Waals surface area contributed by atoms with Crippen LogP contribution in [0, 0.1) is 0 Å². The van der Waals surface area contributed by atoms with Crippen molar-refractivity contribution >= 4 is 11.5 Å². The Hall–Kier alpha value is -4.67. The molecule has 1 saturated heterocycles. The molecule has 5 aromatic rings. The number of benzene rings is 3. The van der Waals surface area contributed by atoms with Gasteiger partial charge in [0.05, 0.1) is 32.7 Å². The number of imidazole rings is 1. The first-order valence-electron chi connectivity index (χ1n) is 16.9. The lowest BCUT2D eigenvalue weighted by Gasteiger charge is -2.28. The highest BCUT2D eigenvalue weighted by Gasteiger charge is 2.25. The molecule has 6 rings (SSSR count). The van der Waals surface area contributed by atoms with Gasteiger partial charge in [-0.25, -0.2) is 9.50 Å². The molecule has 1 N–H and O–H groups in total. The molecule has 2 aromatic heterocycles. The molecule has 3 heterocycles. The highest BCUT2D eigenvalue weighted by atomic mass is 16.5. The molecule has 0 aliphatic carbocycles. The van der Waals surface area contributed by atoms with Gasteiger partial charge in [0.1, 0.15) is 17.6 Å². The summed E-state index contributed by atoms with van der Waals surface area (Å²) in [5, 5.41) is 16.8. The van der Waals surface area contributed by atoms with Crippen molar-refractivity contribution in [1.82, 2.24) is 24.5 Å². The van der Waals surface area contributed by atoms with Gasteiger partial charge >= 0.3 is 6.01 Å². The van der Waals surface area contributed by atoms with Crippen LogP contribution in [-0.2, 0) is 19.6 Å². The second kappa shape index (κ2) is 16.0. The van der Waals surface area contributed by atoms with Gasteiger partial charge in [-0.15, -0.1) is 5.10 Å². The average molecular weight is 651 g/mol. The molecule has 252 valence electrons. The molecule has 0 radical (unpaired) electrons. The zero-order chi connectivity index (χ0) is 33.3. The predicted octanol–water partition coefficient (Wildman–Crippen LogP) is 6.59. The third kappa shape index (κ3) is 7.89. The molecule has 0 bridgehead atoms. The number of anilines is 1. The van der Waals surface area contributed by atoms with Crippen LogP contribution in [0.4, 0.5) is 5.82 Å². The standard InChI is InChI=1S/C38H46N6O4/c1-4-5-23-48-38-40-37(43(25-28-13-17-31(46-2)18-14-28)26-29-15-19-32(47-3)20-16-29)36-39-24-34(44(36)41-38)35(45)33-12-8-7-11-30(33)27-42-21-9-6-10-22-42/h7-8,11-20,24,35,45H,4-6,9-10,21-23,25-27H2,1-3H3. The van der Waals surface area contributed by atoms with Crippen LogP contribution in [0.25, 0.3) is 5.65 Å². The van der Waals surface area contributed by atoms with Gasteiger partial charge in [0.15, 0.2) is 11.5 Å². The lowest BCUT2D eigenvalue weighted by atomic mass is 9.99. The third-order valence-electron chi connectivity index (χ3n) is 8.92. The van der Waals surface area contributed by atoms with E-state index in [1.54, 1.807) is 24.9 Å². The number of methoxy groups -OCH3 is 2. The van der Waals surface area contributed by atoms with E-state index in [2.05, 4.69) is 47.1 Å². The first kappa shape index (κ1) is 33.2. The maximum absolute atomic E-state index is 12.0. The number of aromatic nitrogens is 4. The van der Waals surface area contributed by atoms with E-state index in [1.165, 1.54) is 19.3 Å². The number of hydrogen-bond acceptors (Lipinski definition) is 9. The Labute approximate surface area is 282 Å². The van der Waals surface area contributed by atoms with Gasteiger partial charge in [0, 0.05) is 19.6 Å². The maximum Gasteiger partial charge on any atom is 0.336 e. The van der Waals surface area contributed by atoms with Crippen LogP contribution in [0.15, 0.2) is 79.0 Å². The average Bonchev–Trinajstić information content (AvgIpc) is 3.56. The van der Waals surface area contributed by atoms with E-state index < -0.39 is 6.10 Å². The normalized spacial score (nSPS) is 14.2. The van der Waals surface area contributed by atoms with Crippen LogP contribution >= 0.6 is 0 Å².